The Labute approximate surface area is 532 Å². The molecule has 14 heteroatoms. The fourth-order valence-corrected chi connectivity index (χ4v) is 10.8. The molecular weight excluding hydrogens is 1040 g/mol. The molecule has 13 nitrogen and oxygen atoms in total. The van der Waals surface area contributed by atoms with Crippen molar-refractivity contribution in [1.29, 1.82) is 0 Å². The predicted molar refractivity (Wildman–Crippen MR) is 340 cm³/mol. The number of anilines is 1. The number of nitrogens with two attached hydrogens (primary N) is 1. The Morgan fingerprint density at radius 3 is 2.11 bits per heavy atom. The van der Waals surface area contributed by atoms with Crippen LogP contribution < -0.4 is 73.7 Å². The molecule has 2 atom stereocenters. The van der Waals surface area contributed by atoms with E-state index in [0.29, 0.717) is 24.3 Å². The molecule has 1 amide bonds. The molecule has 5 heterocycles. The zero-order chi connectivity index (χ0) is 59.1. The van der Waals surface area contributed by atoms with Gasteiger partial charge in [-0.1, -0.05) is 92.5 Å². The number of likely N-dealkylation sites (N-methyl/N-ethyl adjacent to an activating group) is 1. The number of benzene rings is 2. The molecule has 0 radical (unpaired) electrons. The molecule has 0 spiro atoms. The number of allylic oxidation sites excluding steroid dienone is 7. The number of fused-ring (bicyclic) bond motifs is 2. The second kappa shape index (κ2) is 37.9. The first-order valence-electron chi connectivity index (χ1n) is 30.0. The Hall–Kier alpha value is -4.12. The van der Waals surface area contributed by atoms with Gasteiger partial charge in [-0.25, -0.2) is 4.79 Å². The van der Waals surface area contributed by atoms with E-state index < -0.39 is 6.04 Å². The number of pyridine rings is 1. The van der Waals surface area contributed by atoms with Crippen LogP contribution in [0.15, 0.2) is 87.3 Å². The number of aldehydes is 1. The average Bonchev–Trinajstić information content (AvgIpc) is 4.05. The molecule has 0 saturated carbocycles. The number of likely N-dealkylation sites (tertiary alicyclic amines) is 1. The summed E-state index contributed by atoms with van der Waals surface area (Å²) in [6.07, 6.45) is 20.6. The summed E-state index contributed by atoms with van der Waals surface area (Å²) < 4.78 is 4.92. The molecule has 1 saturated heterocycles. The SMILES string of the molecule is CC.CC/C(C)=C/C1=C(C)N(C)CC=C1n1ccc2c(c1=O)CCN2.CCC/C(=C\CC(C)C)c1c(C)cc(C(=O)N2CCC(CN(CCC)C(C)CC)CC2)cc1C.CN.[CH2-]CC(C=O)n1c(=O)n(C)c2cc(CC)ccc21.[K+].[OH-]. The number of nitrogens with zero attached hydrogens (tertiary/aromatic N) is 6. The third-order valence-electron chi connectivity index (χ3n) is 15.8. The number of amides is 1. The predicted octanol–water partition coefficient (Wildman–Crippen LogP) is 10.4. The summed E-state index contributed by atoms with van der Waals surface area (Å²) in [4.78, 5) is 56.5. The first kappa shape index (κ1) is 74.9. The van der Waals surface area contributed by atoms with Crippen molar-refractivity contribution in [2.45, 2.75) is 180 Å². The van der Waals surface area contributed by atoms with Crippen LogP contribution in [0.25, 0.3) is 22.3 Å². The third-order valence-corrected chi connectivity index (χ3v) is 15.8. The van der Waals surface area contributed by atoms with Crippen LogP contribution in [0, 0.1) is 32.6 Å². The van der Waals surface area contributed by atoms with Crippen LogP contribution in [0.1, 0.15) is 185 Å². The number of aromatic nitrogens is 3. The van der Waals surface area contributed by atoms with Gasteiger partial charge >= 0.3 is 57.1 Å². The van der Waals surface area contributed by atoms with Gasteiger partial charge in [0.05, 0.1) is 22.8 Å². The van der Waals surface area contributed by atoms with Crippen molar-refractivity contribution in [1.82, 2.24) is 28.4 Å². The second-order valence-electron chi connectivity index (χ2n) is 21.8. The van der Waals surface area contributed by atoms with Crippen LogP contribution in [0.2, 0.25) is 0 Å². The number of piperidine rings is 1. The van der Waals surface area contributed by atoms with Crippen LogP contribution in [0.3, 0.4) is 0 Å². The van der Waals surface area contributed by atoms with Crippen molar-refractivity contribution in [3.8, 4) is 0 Å². The van der Waals surface area contributed by atoms with E-state index in [1.807, 2.05) is 48.9 Å². The van der Waals surface area contributed by atoms with E-state index in [1.165, 1.54) is 76.6 Å². The zero-order valence-corrected chi connectivity index (χ0v) is 56.9. The minimum Gasteiger partial charge on any atom is -0.870 e. The van der Waals surface area contributed by atoms with E-state index >= 15 is 0 Å². The molecule has 446 valence electrons. The molecule has 7 rings (SSSR count). The Morgan fingerprint density at radius 2 is 1.57 bits per heavy atom. The minimum atomic E-state index is -0.492. The van der Waals surface area contributed by atoms with Gasteiger partial charge in [-0.05, 0) is 182 Å². The van der Waals surface area contributed by atoms with Crippen LogP contribution >= 0.6 is 0 Å². The molecule has 0 bridgehead atoms. The van der Waals surface area contributed by atoms with E-state index in [-0.39, 0.29) is 74.0 Å². The molecule has 3 aliphatic rings. The van der Waals surface area contributed by atoms with E-state index in [0.717, 1.165) is 123 Å². The quantitative estimate of drug-likeness (QED) is 0.0529. The van der Waals surface area contributed by atoms with Crippen molar-refractivity contribution in [3.05, 3.63) is 139 Å². The smallest absolute Gasteiger partial charge is 0.870 e. The average molecular weight is 1140 g/mol. The Bertz CT molecular complexity index is 2820. The van der Waals surface area contributed by atoms with E-state index in [2.05, 4.69) is 153 Å². The third kappa shape index (κ3) is 20.0. The number of carbonyl (C=O) groups is 2. The summed E-state index contributed by atoms with van der Waals surface area (Å²) in [6, 6.07) is 12.4. The number of nitrogens with one attached hydrogen (secondary N) is 1. The van der Waals surface area contributed by atoms with Crippen LogP contribution in [0.4, 0.5) is 5.69 Å². The molecule has 3 aliphatic heterocycles. The minimum absolute atomic E-state index is 0. The van der Waals surface area contributed by atoms with Gasteiger partial charge in [0.25, 0.3) is 11.5 Å². The van der Waals surface area contributed by atoms with Crippen LogP contribution in [0.5, 0.6) is 0 Å². The molecule has 2 aromatic heterocycles. The first-order chi connectivity index (χ1) is 37.9. The molecule has 81 heavy (non-hydrogen) atoms. The van der Waals surface area contributed by atoms with Gasteiger partial charge < -0.3 is 42.9 Å². The molecule has 1 fully saturated rings. The number of hydrogen-bond acceptors (Lipinski definition) is 9. The fraction of sp³-hybridized carbons (Fsp3) is 0.567. The molecule has 2 aromatic carbocycles. The van der Waals surface area contributed by atoms with E-state index in [4.69, 9.17) is 0 Å². The number of aryl methyl sites for hydroxylation is 4. The summed E-state index contributed by atoms with van der Waals surface area (Å²) in [6.45, 7) is 40.1. The van der Waals surface area contributed by atoms with E-state index in [1.54, 1.807) is 11.6 Å². The Morgan fingerprint density at radius 1 is 0.926 bits per heavy atom. The van der Waals surface area contributed by atoms with Gasteiger partial charge in [0, 0.05) is 87.1 Å². The Kier molecular flexibility index (Phi) is 35.1. The molecule has 4 N–H and O–H groups in total. The van der Waals surface area contributed by atoms with Crippen molar-refractivity contribution in [3.63, 3.8) is 0 Å². The summed E-state index contributed by atoms with van der Waals surface area (Å²) in [5, 5.41) is 3.27. The largest absolute Gasteiger partial charge is 1.00 e. The zero-order valence-electron chi connectivity index (χ0n) is 53.7. The topological polar surface area (TPSA) is 161 Å². The van der Waals surface area contributed by atoms with Gasteiger partial charge in [-0.15, -0.1) is 0 Å². The number of carbonyl (C=O) groups excluding carboxylic acids is 2. The van der Waals surface area contributed by atoms with Crippen LogP contribution in [-0.2, 0) is 24.7 Å². The van der Waals surface area contributed by atoms with Gasteiger partial charge in [-0.3, -0.25) is 23.3 Å². The van der Waals surface area contributed by atoms with Gasteiger partial charge in [0.1, 0.15) is 6.29 Å². The van der Waals surface area contributed by atoms with E-state index in [9.17, 15) is 19.2 Å². The fourth-order valence-electron chi connectivity index (χ4n) is 10.8. The number of rotatable bonds is 19. The van der Waals surface area contributed by atoms with Crippen molar-refractivity contribution in [2.24, 2.45) is 24.6 Å². The van der Waals surface area contributed by atoms with Gasteiger partial charge in [0.15, 0.2) is 0 Å². The maximum atomic E-state index is 13.4. The maximum Gasteiger partial charge on any atom is 1.00 e. The molecule has 4 aromatic rings. The van der Waals surface area contributed by atoms with Crippen molar-refractivity contribution < 1.29 is 66.4 Å². The number of imidazole rings is 1. The van der Waals surface area contributed by atoms with Crippen molar-refractivity contribution >= 4 is 40.2 Å². The number of hydrogen-bond donors (Lipinski definition) is 2. The standard InChI is InChI=1S/C31H52N2O.C19H25N3O.C14H17N2O2.C2H6.CH5N.K.H2O/c1-9-12-28(14-13-23(4)5)30-24(6)20-29(21-25(30)7)31(34)32-18-15-27(16-19-32)22-33(17-10-2)26(8)11-3;1-5-13(2)12-16-14(3)21(4)10-8-18(16)22-11-7-17-15(19(22)23)6-9-20-17;1-4-10-6-7-12-13(8-10)15(3)14(18)16(12)11(5-2)9-17;2*1-2;;/h14,20-21,23,26-27H,9-13,15-19,22H2,1-8H3;7-8,11-12,20H,5-6,9-10H2,1-4H3;6-9,11H,2,4-5H2,1,3H3;1-2H3;2H2,1H3;;1H2/q;;-1;;;+1;/p-1/b28-14+;13-12+;;;;;. The van der Waals surface area contributed by atoms with Gasteiger partial charge in [0.2, 0.25) is 0 Å². The van der Waals surface area contributed by atoms with Crippen LogP contribution in [-0.4, -0.2) is 105 Å². The summed E-state index contributed by atoms with van der Waals surface area (Å²) in [7, 11) is 5.32. The maximum absolute atomic E-state index is 13.4. The second-order valence-corrected chi connectivity index (χ2v) is 21.8. The van der Waals surface area contributed by atoms with Gasteiger partial charge in [-0.2, -0.15) is 6.42 Å². The monoisotopic (exact) mass is 1140 g/mol. The van der Waals surface area contributed by atoms with Crippen molar-refractivity contribution in [2.75, 3.05) is 58.7 Å². The summed E-state index contributed by atoms with van der Waals surface area (Å²) >= 11 is 0. The molecule has 0 aliphatic carbocycles. The normalized spacial score (nSPS) is 15.0. The molecule has 2 unspecified atom stereocenters. The molecular formula is C67H106KN8O5-. The Balaban J connectivity index is 0.000000609. The first-order valence-corrected chi connectivity index (χ1v) is 30.0. The summed E-state index contributed by atoms with van der Waals surface area (Å²) in [5.74, 6) is 1.58. The summed E-state index contributed by atoms with van der Waals surface area (Å²) in [5.41, 5.74) is 20.0.